The average Bonchev–Trinajstić information content (AvgIpc) is 2.82. The van der Waals surface area contributed by atoms with Gasteiger partial charge < -0.3 is 10.0 Å². The first kappa shape index (κ1) is 12.0. The van der Waals surface area contributed by atoms with Crippen molar-refractivity contribution in [1.29, 1.82) is 0 Å². The Hall–Kier alpha value is -1.02. The fraction of sp³-hybridized carbons (Fsp3) is 0.625. The van der Waals surface area contributed by atoms with Crippen LogP contribution in [-0.2, 0) is 0 Å². The van der Waals surface area contributed by atoms with E-state index in [4.69, 9.17) is 0 Å². The number of hydrogen-bond donors (Lipinski definition) is 1. The van der Waals surface area contributed by atoms with Crippen LogP contribution in [0.15, 0.2) is 24.3 Å². The molecule has 3 unspecified atom stereocenters. The molecule has 0 bridgehead atoms. The summed E-state index contributed by atoms with van der Waals surface area (Å²) in [6.45, 7) is 3.03. The largest absolute Gasteiger partial charge is 0.389 e. The molecule has 2 nitrogen and oxygen atoms in total. The van der Waals surface area contributed by atoms with Crippen LogP contribution in [0.5, 0.6) is 0 Å². The van der Waals surface area contributed by atoms with Crippen molar-refractivity contribution in [2.75, 3.05) is 11.4 Å². The summed E-state index contributed by atoms with van der Waals surface area (Å²) in [7, 11) is 0. The molecule has 1 N–H and O–H groups in total. The third-order valence-corrected chi connectivity index (χ3v) is 4.72. The van der Waals surface area contributed by atoms with Crippen LogP contribution in [0.1, 0.15) is 50.7 Å². The second-order valence-corrected chi connectivity index (χ2v) is 5.86. The number of hydrogen-bond acceptors (Lipinski definition) is 2. The third-order valence-electron chi connectivity index (χ3n) is 4.72. The van der Waals surface area contributed by atoms with Crippen LogP contribution in [0, 0.1) is 5.92 Å². The van der Waals surface area contributed by atoms with Gasteiger partial charge in [-0.15, -0.1) is 0 Å². The topological polar surface area (TPSA) is 23.5 Å². The lowest BCUT2D eigenvalue weighted by molar-refractivity contribution is 0.199. The molecular formula is C16H23NO. The highest BCUT2D eigenvalue weighted by atomic mass is 16.3. The molecule has 0 amide bonds. The molecule has 1 saturated carbocycles. The predicted octanol–water partition coefficient (Wildman–Crippen LogP) is 3.51. The van der Waals surface area contributed by atoms with Gasteiger partial charge in [0.1, 0.15) is 0 Å². The highest BCUT2D eigenvalue weighted by molar-refractivity contribution is 5.50. The van der Waals surface area contributed by atoms with Crippen molar-refractivity contribution in [3.8, 4) is 0 Å². The zero-order valence-corrected chi connectivity index (χ0v) is 11.2. The Morgan fingerprint density at radius 1 is 1.11 bits per heavy atom. The number of anilines is 1. The van der Waals surface area contributed by atoms with Crippen LogP contribution >= 0.6 is 0 Å². The highest BCUT2D eigenvalue weighted by Gasteiger charge is 2.35. The maximum Gasteiger partial charge on any atom is 0.0761 e. The van der Waals surface area contributed by atoms with Gasteiger partial charge in [0.2, 0.25) is 0 Å². The zero-order chi connectivity index (χ0) is 12.5. The van der Waals surface area contributed by atoms with Crippen LogP contribution in [0.4, 0.5) is 5.69 Å². The summed E-state index contributed by atoms with van der Waals surface area (Å²) in [5, 5.41) is 9.55. The van der Waals surface area contributed by atoms with E-state index in [0.717, 1.165) is 17.5 Å². The fourth-order valence-electron chi connectivity index (χ4n) is 3.67. The minimum Gasteiger partial charge on any atom is -0.389 e. The number of aliphatic hydroxyl groups is 1. The monoisotopic (exact) mass is 245 g/mol. The summed E-state index contributed by atoms with van der Waals surface area (Å²) < 4.78 is 0. The smallest absolute Gasteiger partial charge is 0.0761 e. The fourth-order valence-corrected chi connectivity index (χ4v) is 3.67. The van der Waals surface area contributed by atoms with E-state index in [1.54, 1.807) is 0 Å². The average molecular weight is 245 g/mol. The zero-order valence-electron chi connectivity index (χ0n) is 11.2. The molecule has 1 heterocycles. The molecule has 1 aliphatic heterocycles. The second kappa shape index (κ2) is 4.93. The summed E-state index contributed by atoms with van der Waals surface area (Å²) in [6.07, 6.45) is 6.61. The summed E-state index contributed by atoms with van der Waals surface area (Å²) in [5.41, 5.74) is 2.35. The van der Waals surface area contributed by atoms with Crippen molar-refractivity contribution in [2.45, 2.75) is 51.2 Å². The van der Waals surface area contributed by atoms with E-state index in [-0.39, 0.29) is 6.10 Å². The Bertz CT molecular complexity index is 398. The van der Waals surface area contributed by atoms with E-state index in [1.165, 1.54) is 44.3 Å². The third kappa shape index (κ3) is 2.14. The minimum absolute atomic E-state index is 0.361. The SMILES string of the molecule is CC(O)c1ccc(N2CCC3CCCCC32)cc1. The maximum atomic E-state index is 9.55. The van der Waals surface area contributed by atoms with E-state index in [9.17, 15) is 5.11 Å². The van der Waals surface area contributed by atoms with Gasteiger partial charge in [0, 0.05) is 18.3 Å². The minimum atomic E-state index is -0.361. The van der Waals surface area contributed by atoms with Crippen molar-refractivity contribution in [3.05, 3.63) is 29.8 Å². The first-order valence-electron chi connectivity index (χ1n) is 7.30. The summed E-state index contributed by atoms with van der Waals surface area (Å²) in [5.74, 6) is 0.926. The molecule has 2 heteroatoms. The van der Waals surface area contributed by atoms with E-state index in [0.29, 0.717) is 0 Å². The number of aliphatic hydroxyl groups excluding tert-OH is 1. The summed E-state index contributed by atoms with van der Waals surface area (Å²) in [4.78, 5) is 2.59. The van der Waals surface area contributed by atoms with Crippen molar-refractivity contribution in [3.63, 3.8) is 0 Å². The Balaban J connectivity index is 1.78. The number of rotatable bonds is 2. The molecule has 2 aliphatic rings. The first-order chi connectivity index (χ1) is 8.75. The lowest BCUT2D eigenvalue weighted by atomic mass is 9.85. The van der Waals surface area contributed by atoms with E-state index in [2.05, 4.69) is 29.2 Å². The molecule has 3 atom stereocenters. The highest BCUT2D eigenvalue weighted by Crippen LogP contribution is 2.38. The van der Waals surface area contributed by atoms with Crippen LogP contribution in [0.25, 0.3) is 0 Å². The predicted molar refractivity (Wildman–Crippen MR) is 74.8 cm³/mol. The van der Waals surface area contributed by atoms with Gasteiger partial charge in [-0.3, -0.25) is 0 Å². The van der Waals surface area contributed by atoms with Crippen molar-refractivity contribution in [1.82, 2.24) is 0 Å². The van der Waals surface area contributed by atoms with Gasteiger partial charge >= 0.3 is 0 Å². The number of fused-ring (bicyclic) bond motifs is 1. The molecule has 0 radical (unpaired) electrons. The summed E-state index contributed by atoms with van der Waals surface area (Å²) in [6, 6.07) is 9.26. The lowest BCUT2D eigenvalue weighted by Gasteiger charge is -2.33. The lowest BCUT2D eigenvalue weighted by Crippen LogP contribution is -2.34. The van der Waals surface area contributed by atoms with Crippen LogP contribution in [-0.4, -0.2) is 17.7 Å². The van der Waals surface area contributed by atoms with E-state index in [1.807, 2.05) is 6.92 Å². The Kier molecular flexibility index (Phi) is 3.29. The number of nitrogens with zero attached hydrogens (tertiary/aromatic N) is 1. The Morgan fingerprint density at radius 3 is 2.56 bits per heavy atom. The molecule has 1 aromatic rings. The second-order valence-electron chi connectivity index (χ2n) is 5.86. The molecule has 0 aromatic heterocycles. The molecule has 0 spiro atoms. The van der Waals surface area contributed by atoms with Gasteiger partial charge in [-0.2, -0.15) is 0 Å². The molecule has 18 heavy (non-hydrogen) atoms. The molecular weight excluding hydrogens is 222 g/mol. The van der Waals surface area contributed by atoms with Gasteiger partial charge in [0.25, 0.3) is 0 Å². The van der Waals surface area contributed by atoms with Crippen molar-refractivity contribution < 1.29 is 5.11 Å². The van der Waals surface area contributed by atoms with Gasteiger partial charge in [-0.1, -0.05) is 25.0 Å². The van der Waals surface area contributed by atoms with Gasteiger partial charge in [-0.25, -0.2) is 0 Å². The van der Waals surface area contributed by atoms with Gasteiger partial charge in [0.15, 0.2) is 0 Å². The Labute approximate surface area is 110 Å². The molecule has 1 aromatic carbocycles. The van der Waals surface area contributed by atoms with Crippen molar-refractivity contribution >= 4 is 5.69 Å². The molecule has 98 valence electrons. The first-order valence-corrected chi connectivity index (χ1v) is 7.30. The number of benzene rings is 1. The van der Waals surface area contributed by atoms with Crippen molar-refractivity contribution in [2.24, 2.45) is 5.92 Å². The normalized spacial score (nSPS) is 29.1. The molecule has 1 aliphatic carbocycles. The van der Waals surface area contributed by atoms with E-state index < -0.39 is 0 Å². The molecule has 1 saturated heterocycles. The molecule has 2 fully saturated rings. The molecule has 3 rings (SSSR count). The van der Waals surface area contributed by atoms with Crippen LogP contribution < -0.4 is 4.90 Å². The van der Waals surface area contributed by atoms with Gasteiger partial charge in [-0.05, 0) is 49.8 Å². The van der Waals surface area contributed by atoms with Gasteiger partial charge in [0.05, 0.1) is 6.10 Å². The standard InChI is InChI=1S/C16H23NO/c1-12(18)13-6-8-15(9-7-13)17-11-10-14-4-2-3-5-16(14)17/h6-9,12,14,16,18H,2-5,10-11H2,1H3. The quantitative estimate of drug-likeness (QED) is 0.862. The van der Waals surface area contributed by atoms with E-state index >= 15 is 0 Å². The maximum absolute atomic E-state index is 9.55. The Morgan fingerprint density at radius 2 is 1.83 bits per heavy atom. The van der Waals surface area contributed by atoms with Crippen LogP contribution in [0.3, 0.4) is 0 Å². The summed E-state index contributed by atoms with van der Waals surface area (Å²) >= 11 is 0. The van der Waals surface area contributed by atoms with Crippen LogP contribution in [0.2, 0.25) is 0 Å².